The Hall–Kier alpha value is -7.62. The van der Waals surface area contributed by atoms with E-state index in [2.05, 4.69) is 6.92 Å². The van der Waals surface area contributed by atoms with Gasteiger partial charge in [0, 0.05) is 17.0 Å². The Labute approximate surface area is 351 Å². The minimum Gasteiger partial charge on any atom is -0.368 e. The third-order valence-electron chi connectivity index (χ3n) is 24.7. The molecule has 0 aromatic heterocycles. The molecule has 0 amide bonds. The second kappa shape index (κ2) is 5.03. The molecule has 0 radical (unpaired) electrons. The van der Waals surface area contributed by atoms with Crippen molar-refractivity contribution in [3.8, 4) is 0 Å². The van der Waals surface area contributed by atoms with Gasteiger partial charge < -0.3 is 9.84 Å². The summed E-state index contributed by atoms with van der Waals surface area (Å²) >= 11 is 0. The Balaban J connectivity index is 1.28. The molecule has 1 heterocycles. The van der Waals surface area contributed by atoms with Crippen LogP contribution in [0.3, 0.4) is 0 Å². The molecule has 1 saturated heterocycles. The van der Waals surface area contributed by atoms with Gasteiger partial charge in [-0.05, 0) is 302 Å². The maximum atomic E-state index is 13.1. The Morgan fingerprint density at radius 2 is 0.369 bits per heavy atom. The van der Waals surface area contributed by atoms with Crippen molar-refractivity contribution in [2.75, 3.05) is 0 Å². The van der Waals surface area contributed by atoms with Gasteiger partial charge >= 0.3 is 0 Å². The Morgan fingerprint density at radius 3 is 0.538 bits per heavy atom. The molecule has 4 aliphatic carbocycles. The average Bonchev–Trinajstić information content (AvgIpc) is 4.15. The third kappa shape index (κ3) is 1.15. The number of hydrogen-bond donors (Lipinski definition) is 1. The van der Waals surface area contributed by atoms with Crippen LogP contribution in [0.25, 0.3) is 291 Å². The monoisotopic (exact) mass is 794 g/mol. The van der Waals surface area contributed by atoms with E-state index in [0.717, 1.165) is 0 Å². The summed E-state index contributed by atoms with van der Waals surface area (Å²) in [6, 6.07) is 0. The molecule has 28 aromatic carbocycles. The van der Waals surface area contributed by atoms with Gasteiger partial charge in [0.1, 0.15) is 5.60 Å². The molecule has 0 bridgehead atoms. The second-order valence-corrected chi connectivity index (χ2v) is 24.5. The fourth-order valence-corrected chi connectivity index (χ4v) is 24.7. The van der Waals surface area contributed by atoms with Crippen LogP contribution in [0.15, 0.2) is 0 Å². The van der Waals surface area contributed by atoms with Gasteiger partial charge in [0.2, 0.25) is 0 Å². The summed E-state index contributed by atoms with van der Waals surface area (Å²) in [6.07, 6.45) is -0.880. The van der Waals surface area contributed by atoms with E-state index in [1.54, 1.807) is 280 Å². The summed E-state index contributed by atoms with van der Waals surface area (Å²) in [7, 11) is 0. The average molecular weight is 795 g/mol. The molecule has 5 aliphatic rings. The zero-order valence-electron chi connectivity index (χ0n) is 33.0. The first kappa shape index (κ1) is 23.4. The summed E-state index contributed by atoms with van der Waals surface area (Å²) < 4.78 is 8.01. The lowest BCUT2D eigenvalue weighted by Gasteiger charge is -2.50. The molecule has 65 heavy (non-hydrogen) atoms. The van der Waals surface area contributed by atoms with Gasteiger partial charge in [-0.15, -0.1) is 0 Å². The summed E-state index contributed by atoms with van der Waals surface area (Å²) in [5, 5.41) is 99.2. The van der Waals surface area contributed by atoms with Crippen LogP contribution in [0, 0.1) is 5.92 Å². The van der Waals surface area contributed by atoms with Crippen molar-refractivity contribution < 1.29 is 9.84 Å². The molecule has 2 atom stereocenters. The summed E-state index contributed by atoms with van der Waals surface area (Å²) in [4.78, 5) is 0. The predicted octanol–water partition coefficient (Wildman–Crippen LogP) is 16.2. The molecule has 1 N–H and O–H groups in total. The minimum atomic E-state index is -0.880. The number of benzene rings is 18. The molecular weight excluding hydrogens is 789 g/mol. The van der Waals surface area contributed by atoms with Crippen molar-refractivity contribution in [1.29, 1.82) is 0 Å². The second-order valence-electron chi connectivity index (χ2n) is 24.5. The van der Waals surface area contributed by atoms with Crippen LogP contribution >= 0.6 is 0 Å². The quantitative estimate of drug-likeness (QED) is 0.155. The van der Waals surface area contributed by atoms with Gasteiger partial charge in [0.15, 0.2) is 6.29 Å². The molecule has 2 spiro atoms. The van der Waals surface area contributed by atoms with Gasteiger partial charge in [-0.3, -0.25) is 0 Å². The zero-order chi connectivity index (χ0) is 38.3. The van der Waals surface area contributed by atoms with Crippen LogP contribution in [0.1, 0.15) is 29.2 Å². The van der Waals surface area contributed by atoms with E-state index < -0.39 is 17.3 Å². The number of ether oxygens (including phenoxy) is 1. The molecule has 1 fully saturated rings. The van der Waals surface area contributed by atoms with Crippen LogP contribution in [0.5, 0.6) is 0 Å². The maximum absolute atomic E-state index is 13.1. The number of rotatable bonds is 0. The van der Waals surface area contributed by atoms with E-state index in [1.807, 2.05) is 0 Å². The molecule has 2 nitrogen and oxygen atoms in total. The van der Waals surface area contributed by atoms with Crippen LogP contribution in [0.2, 0.25) is 0 Å². The summed E-state index contributed by atoms with van der Waals surface area (Å²) in [5.41, 5.74) is 4.72. The highest BCUT2D eigenvalue weighted by Gasteiger charge is 2.76. The molecule has 2 heteroatoms. The molecule has 1 aliphatic heterocycles. The van der Waals surface area contributed by atoms with Crippen molar-refractivity contribution in [2.45, 2.75) is 24.2 Å². The van der Waals surface area contributed by atoms with Gasteiger partial charge in [-0.25, -0.2) is 0 Å². The van der Waals surface area contributed by atoms with E-state index in [4.69, 9.17) is 4.74 Å². The Morgan fingerprint density at radius 1 is 0.231 bits per heavy atom. The summed E-state index contributed by atoms with van der Waals surface area (Å²) in [5.74, 6) is -0.127. The predicted molar refractivity (Wildman–Crippen MR) is 270 cm³/mol. The molecule has 0 saturated carbocycles. The van der Waals surface area contributed by atoms with Crippen LogP contribution in [-0.2, 0) is 15.8 Å². The molecule has 270 valence electrons. The van der Waals surface area contributed by atoms with E-state index in [-0.39, 0.29) is 5.92 Å². The molecule has 0 unspecified atom stereocenters. The van der Waals surface area contributed by atoms with Crippen LogP contribution in [0.4, 0.5) is 0 Å². The van der Waals surface area contributed by atoms with Crippen LogP contribution in [-0.4, -0.2) is 11.4 Å². The van der Waals surface area contributed by atoms with Crippen molar-refractivity contribution in [2.24, 2.45) is 5.92 Å². The number of aliphatic hydroxyl groups excluding tert-OH is 1. The van der Waals surface area contributed by atoms with E-state index in [1.165, 1.54) is 32.7 Å². The lowest BCUT2D eigenvalue weighted by atomic mass is 9.51. The fraction of sp³-hybridized carbons (Fsp3) is 0.0794. The zero-order valence-corrected chi connectivity index (χ0v) is 33.0. The Bertz CT molecular complexity index is 6820. The fourth-order valence-electron chi connectivity index (χ4n) is 24.7. The lowest BCUT2D eigenvalue weighted by molar-refractivity contribution is -0.136. The smallest absolute Gasteiger partial charge is 0.160 e. The highest BCUT2D eigenvalue weighted by Crippen LogP contribution is 2.86. The molecule has 33 rings (SSSR count). The standard InChI is InChI=1S/C63H6O2/c1-2-61(64)65-63-59-53-47-37-25-17-9-5-3-4-7-11(9)19(25)29-23-15(7)16-8(4)12-10-6(3)14-13(5)21-27(17)35-41-31(21)32-22(14)28-18(10)26-20(12)30-24(16)34-33(23)45(39(29)47)55(59)56-46(34)40(30)48-38(26)44-36(28)42(32)50-49(41)57(51(53)43(35)37)62(2,63)58(50)52(44)54(48)60(56)63/h2,61,64H,1H3/t2-,61-,62?,63?/m0/s1. The highest BCUT2D eigenvalue weighted by atomic mass is 16.6. The number of aliphatic hydroxyl groups is 1. The van der Waals surface area contributed by atoms with Crippen molar-refractivity contribution in [3.63, 3.8) is 0 Å². The van der Waals surface area contributed by atoms with Gasteiger partial charge in [0.05, 0.1) is 5.41 Å². The van der Waals surface area contributed by atoms with Gasteiger partial charge in [-0.2, -0.15) is 0 Å². The van der Waals surface area contributed by atoms with Gasteiger partial charge in [-0.1, -0.05) is 6.92 Å². The lowest BCUT2D eigenvalue weighted by Crippen LogP contribution is -2.51. The first-order chi connectivity index (χ1) is 32.3. The Kier molecular flexibility index (Phi) is 1.81. The van der Waals surface area contributed by atoms with Gasteiger partial charge in [0.25, 0.3) is 0 Å². The van der Waals surface area contributed by atoms with E-state index in [0.29, 0.717) is 0 Å². The van der Waals surface area contributed by atoms with Crippen molar-refractivity contribution in [3.05, 3.63) is 22.3 Å². The topological polar surface area (TPSA) is 29.5 Å². The first-order valence-corrected chi connectivity index (χ1v) is 24.4. The SMILES string of the molecule is C[C@H]1[C@@H](O)OC23c4c5c6c7c8c9c(c%10c%11c2c2c4c4c%12c5c5c6c6c8c8c%13c9c9c%10c%10c%11c%11c2c2c4c4c%12c%12c5c5c6c8c6c8c%13c9c9c%10c%10c%11c2c2c4c4c%12c5c6c5c8c9c%10c2c45)C713. The maximum Gasteiger partial charge on any atom is 0.160 e. The molecule has 28 aromatic rings. The highest BCUT2D eigenvalue weighted by molar-refractivity contribution is 6.82. The minimum absolute atomic E-state index is 0.127. The normalized spacial score (nSPS) is 25.8. The molecular formula is C63H6O2. The van der Waals surface area contributed by atoms with Crippen LogP contribution < -0.4 is 0 Å². The largest absolute Gasteiger partial charge is 0.368 e. The first-order valence-electron chi connectivity index (χ1n) is 24.4. The number of hydrogen-bond acceptors (Lipinski definition) is 2. The van der Waals surface area contributed by atoms with E-state index in [9.17, 15) is 5.11 Å². The third-order valence-corrected chi connectivity index (χ3v) is 24.7. The summed E-state index contributed by atoms with van der Waals surface area (Å²) in [6.45, 7) is 2.42. The van der Waals surface area contributed by atoms with Crippen molar-refractivity contribution >= 4 is 291 Å². The van der Waals surface area contributed by atoms with E-state index >= 15 is 0 Å². The van der Waals surface area contributed by atoms with Crippen molar-refractivity contribution in [1.82, 2.24) is 0 Å².